The Bertz CT molecular complexity index is 807. The lowest BCUT2D eigenvalue weighted by Gasteiger charge is -2.29. The third kappa shape index (κ3) is 6.70. The maximum Gasteiger partial charge on any atom is 0.138 e. The lowest BCUT2D eigenvalue weighted by molar-refractivity contribution is 0.470. The van der Waals surface area contributed by atoms with Crippen molar-refractivity contribution < 1.29 is 10.2 Å². The van der Waals surface area contributed by atoms with Crippen LogP contribution in [0.2, 0.25) is 20.1 Å². The van der Waals surface area contributed by atoms with Crippen molar-refractivity contribution in [1.29, 1.82) is 0 Å². The number of benzene rings is 2. The minimum atomic E-state index is 0.113. The number of phenols is 2. The number of hydrogen-bond donors (Lipinski definition) is 2. The highest BCUT2D eigenvalue weighted by atomic mass is 35.5. The molecule has 8 heteroatoms. The molecular weight excluding hydrogens is 502 g/mol. The second kappa shape index (κ2) is 11.7. The average Bonchev–Trinajstić information content (AvgIpc) is 2.67. The first-order valence-corrected chi connectivity index (χ1v) is 13.5. The third-order valence-corrected chi connectivity index (χ3v) is 9.39. The molecule has 2 N–H and O–H groups in total. The van der Waals surface area contributed by atoms with E-state index in [0.29, 0.717) is 32.1 Å². The van der Waals surface area contributed by atoms with Crippen molar-refractivity contribution >= 4 is 69.9 Å². The Morgan fingerprint density at radius 2 is 1.07 bits per heavy atom. The molecule has 2 atom stereocenters. The van der Waals surface area contributed by atoms with Crippen LogP contribution in [0.15, 0.2) is 24.3 Å². The second-order valence-corrected chi connectivity index (χ2v) is 11.6. The van der Waals surface area contributed by atoms with Gasteiger partial charge in [0, 0.05) is 43.2 Å². The van der Waals surface area contributed by atoms with E-state index in [2.05, 4.69) is 0 Å². The monoisotopic (exact) mass is 524 g/mol. The van der Waals surface area contributed by atoms with Gasteiger partial charge >= 0.3 is 0 Å². The summed E-state index contributed by atoms with van der Waals surface area (Å²) in [5.41, 5.74) is 1.53. The molecule has 0 aromatic heterocycles. The van der Waals surface area contributed by atoms with Gasteiger partial charge in [0.2, 0.25) is 0 Å². The van der Waals surface area contributed by atoms with Crippen molar-refractivity contribution in [2.45, 2.75) is 60.5 Å². The van der Waals surface area contributed by atoms with Gasteiger partial charge < -0.3 is 10.2 Å². The maximum absolute atomic E-state index is 10.3. The fourth-order valence-corrected chi connectivity index (χ4v) is 7.79. The van der Waals surface area contributed by atoms with Crippen molar-refractivity contribution in [3.63, 3.8) is 0 Å². The summed E-state index contributed by atoms with van der Waals surface area (Å²) in [5.74, 6) is 1.54. The van der Waals surface area contributed by atoms with E-state index in [1.807, 2.05) is 23.5 Å². The minimum absolute atomic E-state index is 0.113. The lowest BCUT2D eigenvalue weighted by atomic mass is 10.00. The molecule has 0 aliphatic heterocycles. The van der Waals surface area contributed by atoms with E-state index in [1.165, 1.54) is 25.7 Å². The summed E-state index contributed by atoms with van der Waals surface area (Å²) in [7, 11) is 0. The molecule has 0 bridgehead atoms. The Morgan fingerprint density at radius 1 is 0.667 bits per heavy atom. The van der Waals surface area contributed by atoms with Gasteiger partial charge in [-0.1, -0.05) is 72.1 Å². The van der Waals surface area contributed by atoms with Crippen LogP contribution in [0.5, 0.6) is 11.5 Å². The molecule has 1 aliphatic carbocycles. The Hall–Kier alpha value is -0.100. The number of halogens is 4. The minimum Gasteiger partial charge on any atom is -0.506 e. The standard InChI is InChI=1S/C22H24Cl4O2S2/c23-15-7-13(21(27)17(25)9-15)11-29-19-5-3-1-2-4-6-20(19)30-12-14-8-16(24)10-18(26)22(14)28/h7-10,19-20,27-28H,1-6,11-12H2/t19-,20?/m0/s1. The molecule has 1 aliphatic rings. The molecule has 1 unspecified atom stereocenters. The predicted molar refractivity (Wildman–Crippen MR) is 134 cm³/mol. The molecule has 0 radical (unpaired) electrons. The Balaban J connectivity index is 1.70. The second-order valence-electron chi connectivity index (χ2n) is 7.48. The van der Waals surface area contributed by atoms with Crippen molar-refractivity contribution in [3.05, 3.63) is 55.5 Å². The lowest BCUT2D eigenvalue weighted by Crippen LogP contribution is -2.22. The summed E-state index contributed by atoms with van der Waals surface area (Å²) in [6, 6.07) is 6.69. The van der Waals surface area contributed by atoms with Crippen LogP contribution in [0.1, 0.15) is 49.7 Å². The van der Waals surface area contributed by atoms with Crippen molar-refractivity contribution in [2.75, 3.05) is 0 Å². The van der Waals surface area contributed by atoms with Gasteiger partial charge in [-0.15, -0.1) is 0 Å². The van der Waals surface area contributed by atoms with Crippen molar-refractivity contribution in [1.82, 2.24) is 0 Å². The Labute approximate surface area is 206 Å². The molecule has 2 nitrogen and oxygen atoms in total. The maximum atomic E-state index is 10.3. The first-order chi connectivity index (χ1) is 14.3. The van der Waals surface area contributed by atoms with Gasteiger partial charge in [0.05, 0.1) is 10.0 Å². The SMILES string of the molecule is Oc1c(Cl)cc(Cl)cc1CSC1CCCCCC[C@@H]1SCc1cc(Cl)cc(Cl)c1O. The van der Waals surface area contributed by atoms with Crippen LogP contribution >= 0.6 is 69.9 Å². The zero-order valence-electron chi connectivity index (χ0n) is 16.3. The summed E-state index contributed by atoms with van der Waals surface area (Å²) in [6.45, 7) is 0. The number of hydrogen-bond acceptors (Lipinski definition) is 4. The Kier molecular flexibility index (Phi) is 9.55. The van der Waals surface area contributed by atoms with Gasteiger partial charge in [0.25, 0.3) is 0 Å². The largest absolute Gasteiger partial charge is 0.506 e. The first kappa shape index (κ1) is 24.5. The average molecular weight is 526 g/mol. The number of phenolic OH excluding ortho intramolecular Hbond substituents is 2. The molecule has 0 spiro atoms. The number of rotatable bonds is 6. The molecule has 0 amide bonds. The summed E-state index contributed by atoms with van der Waals surface area (Å²) in [5, 5.41) is 23.1. The summed E-state index contributed by atoms with van der Waals surface area (Å²) in [4.78, 5) is 0. The summed E-state index contributed by atoms with van der Waals surface area (Å²) < 4.78 is 0. The third-order valence-electron chi connectivity index (χ3n) is 5.26. The highest BCUT2D eigenvalue weighted by Crippen LogP contribution is 2.41. The van der Waals surface area contributed by atoms with Crippen LogP contribution in [-0.2, 0) is 11.5 Å². The molecule has 3 rings (SSSR count). The highest BCUT2D eigenvalue weighted by molar-refractivity contribution is 8.03. The Morgan fingerprint density at radius 3 is 1.47 bits per heavy atom. The fraction of sp³-hybridized carbons (Fsp3) is 0.455. The number of aromatic hydroxyl groups is 2. The molecule has 1 fully saturated rings. The quantitative estimate of drug-likeness (QED) is 0.394. The molecule has 30 heavy (non-hydrogen) atoms. The van der Waals surface area contributed by atoms with Crippen LogP contribution in [0.25, 0.3) is 0 Å². The predicted octanol–water partition coefficient (Wildman–Crippen LogP) is 8.97. The molecular formula is C22H24Cl4O2S2. The number of thioether (sulfide) groups is 2. The molecule has 1 saturated carbocycles. The molecule has 2 aromatic rings. The van der Waals surface area contributed by atoms with Gasteiger partial charge in [-0.2, -0.15) is 23.5 Å². The van der Waals surface area contributed by atoms with Gasteiger partial charge in [-0.3, -0.25) is 0 Å². The normalized spacial score (nSPS) is 20.0. The van der Waals surface area contributed by atoms with Crippen molar-refractivity contribution in [2.24, 2.45) is 0 Å². The van der Waals surface area contributed by atoms with Crippen LogP contribution in [0.4, 0.5) is 0 Å². The molecule has 164 valence electrons. The van der Waals surface area contributed by atoms with Crippen molar-refractivity contribution in [3.8, 4) is 11.5 Å². The zero-order valence-corrected chi connectivity index (χ0v) is 21.0. The van der Waals surface area contributed by atoms with E-state index in [9.17, 15) is 10.2 Å². The molecule has 0 saturated heterocycles. The van der Waals surface area contributed by atoms with Gasteiger partial charge in [-0.05, 0) is 37.1 Å². The summed E-state index contributed by atoms with van der Waals surface area (Å²) in [6.07, 6.45) is 7.16. The molecule has 0 heterocycles. The van der Waals surface area contributed by atoms with E-state index in [4.69, 9.17) is 46.4 Å². The topological polar surface area (TPSA) is 40.5 Å². The van der Waals surface area contributed by atoms with Crippen LogP contribution in [0.3, 0.4) is 0 Å². The van der Waals surface area contributed by atoms with E-state index in [1.54, 1.807) is 24.3 Å². The van der Waals surface area contributed by atoms with Crippen LogP contribution < -0.4 is 0 Å². The zero-order chi connectivity index (χ0) is 21.7. The van der Waals surface area contributed by atoms with E-state index >= 15 is 0 Å². The van der Waals surface area contributed by atoms with Crippen LogP contribution in [0, 0.1) is 0 Å². The van der Waals surface area contributed by atoms with E-state index < -0.39 is 0 Å². The summed E-state index contributed by atoms with van der Waals surface area (Å²) >= 11 is 28.1. The van der Waals surface area contributed by atoms with Gasteiger partial charge in [0.1, 0.15) is 11.5 Å². The van der Waals surface area contributed by atoms with E-state index in [0.717, 1.165) is 24.0 Å². The fourth-order valence-electron chi connectivity index (χ4n) is 3.65. The van der Waals surface area contributed by atoms with Gasteiger partial charge in [0.15, 0.2) is 0 Å². The molecule has 2 aromatic carbocycles. The van der Waals surface area contributed by atoms with E-state index in [-0.39, 0.29) is 21.5 Å². The van der Waals surface area contributed by atoms with Crippen LogP contribution in [-0.4, -0.2) is 20.7 Å². The smallest absolute Gasteiger partial charge is 0.138 e. The van der Waals surface area contributed by atoms with Gasteiger partial charge in [-0.25, -0.2) is 0 Å². The highest BCUT2D eigenvalue weighted by Gasteiger charge is 2.25. The first-order valence-electron chi connectivity index (χ1n) is 9.92.